The normalized spacial score (nSPS) is 40.4. The lowest BCUT2D eigenvalue weighted by Gasteiger charge is -2.35. The van der Waals surface area contributed by atoms with Crippen LogP contribution in [0, 0.1) is 136 Å². The van der Waals surface area contributed by atoms with Crippen LogP contribution < -0.4 is 0 Å². The number of epoxide rings is 1. The molecule has 3 nitrogen and oxygen atoms in total. The minimum atomic E-state index is -0.0452. The van der Waals surface area contributed by atoms with E-state index in [-0.39, 0.29) is 5.97 Å². The van der Waals surface area contributed by atoms with Gasteiger partial charge in [0, 0.05) is 6.42 Å². The van der Waals surface area contributed by atoms with Gasteiger partial charge < -0.3 is 9.47 Å². The molecule has 0 amide bonds. The van der Waals surface area contributed by atoms with Crippen LogP contribution in [0.1, 0.15) is 222 Å². The first kappa shape index (κ1) is 65.5. The Morgan fingerprint density at radius 3 is 1.47 bits per heavy atom. The van der Waals surface area contributed by atoms with Gasteiger partial charge in [-0.25, -0.2) is 0 Å². The molecule has 11 fully saturated rings. The van der Waals surface area contributed by atoms with E-state index in [1.165, 1.54) is 177 Å². The van der Waals surface area contributed by atoms with Gasteiger partial charge in [-0.15, -0.1) is 0 Å². The van der Waals surface area contributed by atoms with Crippen molar-refractivity contribution in [3.63, 3.8) is 0 Å². The molecule has 25 atom stereocenters. The SMILES string of the molecule is C1=CC2CC1CC2C1CC2CC1CC2c1ccccc1.C1=CC2CC1CC2C1CC2CCC1C2.C1=CC2CC1CC2CCCCCCCC1CO1.C1=CC2CC1CC2CCc1ccccc1.C1=CC2CC1CC2Cc1ccccc1.CCOC(=O)CCC1=CC2CCC1C2. The molecule has 3 aromatic carbocycles. The quantitative estimate of drug-likeness (QED) is 0.0490. The van der Waals surface area contributed by atoms with E-state index in [9.17, 15) is 4.79 Å². The Morgan fingerprint density at radius 1 is 0.426 bits per heavy atom. The maximum atomic E-state index is 11.2. The van der Waals surface area contributed by atoms with Crippen LogP contribution in [0.4, 0.5) is 0 Å². The third-order valence-electron chi connectivity index (χ3n) is 28.8. The lowest BCUT2D eigenvalue weighted by molar-refractivity contribution is -0.143. The van der Waals surface area contributed by atoms with Gasteiger partial charge >= 0.3 is 5.97 Å². The molecule has 10 saturated carbocycles. The summed E-state index contributed by atoms with van der Waals surface area (Å²) in [4.78, 5) is 11.2. The summed E-state index contributed by atoms with van der Waals surface area (Å²) >= 11 is 0. The second-order valence-corrected chi connectivity index (χ2v) is 34.6. The number of rotatable bonds is 20. The number of fused-ring (bicyclic) bond motifs is 16. The van der Waals surface area contributed by atoms with E-state index in [1.54, 1.807) is 37.7 Å². The molecule has 16 aliphatic carbocycles. The maximum absolute atomic E-state index is 11.2. The summed E-state index contributed by atoms with van der Waals surface area (Å²) in [7, 11) is 0. The molecule has 17 aliphatic rings. The minimum Gasteiger partial charge on any atom is -0.466 e. The second-order valence-electron chi connectivity index (χ2n) is 34.6. The van der Waals surface area contributed by atoms with Crippen molar-refractivity contribution in [2.75, 3.05) is 13.2 Å². The molecular formula is C91H122O3. The average molecular weight is 1260 g/mol. The standard InChI is InChI=1S/C20H24.C16H26O.C15H18.C14H20.C14H16.C12H18O2/c1-2-4-14(5-3-1)18-11-17-10-16(18)12-20(17)19-9-13-6-7-15(19)8-13;1(3-5-7-16-12-17-16)2-4-6-14-10-13-8-9-15(14)11-13;1-2-4-12(5-3-1)6-8-14-10-13-7-9-15(14)11-13;1-3-11-5-9(1)7-13(11)14-8-10-2-4-12(14)6-10;1-2-4-11(5-3-1)8-14-10-12-6-7-13(14)9-12;1-2-14-12(13)6-5-11-8-9-3-4-10(11)7-9/h1-7,13,15-20H,8-12H2;8-9,13-16H,1-7,10-12H2;1-5,7,9,13-15H,6,8,10-11H2;1,3,9-14H,2,4-8H2;1-7,12-14H,8-10H2;8-10H,2-7H2,1H3. The van der Waals surface area contributed by atoms with Gasteiger partial charge in [-0.3, -0.25) is 4.79 Å². The van der Waals surface area contributed by atoms with E-state index in [4.69, 9.17) is 9.47 Å². The van der Waals surface area contributed by atoms with Crippen molar-refractivity contribution >= 4 is 5.97 Å². The van der Waals surface area contributed by atoms with Crippen LogP contribution in [0.3, 0.4) is 0 Å². The maximum Gasteiger partial charge on any atom is 0.306 e. The first-order valence-corrected chi connectivity index (χ1v) is 40.3. The van der Waals surface area contributed by atoms with Gasteiger partial charge in [0.2, 0.25) is 0 Å². The second kappa shape index (κ2) is 31.2. The minimum absolute atomic E-state index is 0.0452. The number of esters is 1. The molecule has 1 heterocycles. The largest absolute Gasteiger partial charge is 0.466 e. The monoisotopic (exact) mass is 1260 g/mol. The highest BCUT2D eigenvalue weighted by atomic mass is 16.6. The van der Waals surface area contributed by atoms with Crippen molar-refractivity contribution in [1.82, 2.24) is 0 Å². The Hall–Kier alpha value is -4.47. The van der Waals surface area contributed by atoms with Crippen LogP contribution in [0.15, 0.2) is 163 Å². The van der Waals surface area contributed by atoms with Crippen LogP contribution in [0.2, 0.25) is 0 Å². The van der Waals surface area contributed by atoms with Gasteiger partial charge in [0.15, 0.2) is 0 Å². The zero-order valence-corrected chi connectivity index (χ0v) is 58.2. The number of carbonyl (C=O) groups excluding carboxylic acids is 1. The summed E-state index contributed by atoms with van der Waals surface area (Å²) in [6.07, 6.45) is 73.1. The third-order valence-corrected chi connectivity index (χ3v) is 28.8. The molecule has 0 aromatic heterocycles. The molecule has 1 saturated heterocycles. The smallest absolute Gasteiger partial charge is 0.306 e. The van der Waals surface area contributed by atoms with E-state index in [0.717, 1.165) is 155 Å². The van der Waals surface area contributed by atoms with Crippen LogP contribution in [-0.2, 0) is 27.1 Å². The number of allylic oxidation sites excluding steroid dienone is 12. The predicted molar refractivity (Wildman–Crippen MR) is 388 cm³/mol. The molecule has 25 unspecified atom stereocenters. The topological polar surface area (TPSA) is 38.8 Å². The molecule has 504 valence electrons. The zero-order valence-electron chi connectivity index (χ0n) is 58.2. The molecule has 1 aliphatic heterocycles. The van der Waals surface area contributed by atoms with Crippen LogP contribution >= 0.6 is 0 Å². The van der Waals surface area contributed by atoms with Gasteiger partial charge in [0.25, 0.3) is 0 Å². The summed E-state index contributed by atoms with van der Waals surface area (Å²) in [5.74, 6) is 23.6. The highest BCUT2D eigenvalue weighted by Gasteiger charge is 2.53. The van der Waals surface area contributed by atoms with Gasteiger partial charge in [-0.2, -0.15) is 0 Å². The van der Waals surface area contributed by atoms with Gasteiger partial charge in [-0.1, -0.05) is 202 Å². The van der Waals surface area contributed by atoms with Crippen LogP contribution in [-0.4, -0.2) is 25.3 Å². The van der Waals surface area contributed by atoms with E-state index < -0.39 is 0 Å². The number of hydrogen-bond donors (Lipinski definition) is 0. The molecule has 16 bridgehead atoms. The van der Waals surface area contributed by atoms with E-state index in [0.29, 0.717) is 19.1 Å². The van der Waals surface area contributed by atoms with E-state index in [2.05, 4.69) is 158 Å². The first-order chi connectivity index (χ1) is 46.3. The Bertz CT molecular complexity index is 3070. The van der Waals surface area contributed by atoms with Gasteiger partial charge in [0.05, 0.1) is 19.3 Å². The zero-order chi connectivity index (χ0) is 63.2. The fraction of sp³-hybridized carbons (Fsp3) is 0.659. The first-order valence-electron chi connectivity index (χ1n) is 40.3. The Balaban J connectivity index is 0.0000000936. The van der Waals surface area contributed by atoms with Crippen LogP contribution in [0.5, 0.6) is 0 Å². The molecule has 0 N–H and O–H groups in total. The molecular weight excluding hydrogens is 1140 g/mol. The number of aryl methyl sites for hydroxylation is 1. The molecule has 0 spiro atoms. The summed E-state index contributed by atoms with van der Waals surface area (Å²) in [6, 6.07) is 33.1. The van der Waals surface area contributed by atoms with Crippen molar-refractivity contribution in [3.8, 4) is 0 Å². The fourth-order valence-electron chi connectivity index (χ4n) is 24.2. The Labute approximate surface area is 570 Å². The average Bonchev–Trinajstić information content (AvgIpc) is 1.61. The molecule has 94 heavy (non-hydrogen) atoms. The molecule has 3 heteroatoms. The third kappa shape index (κ3) is 16.3. The Morgan fingerprint density at radius 2 is 0.979 bits per heavy atom. The highest BCUT2D eigenvalue weighted by Crippen LogP contribution is 2.62. The number of benzene rings is 3. The highest BCUT2D eigenvalue weighted by molar-refractivity contribution is 5.69. The van der Waals surface area contributed by atoms with Crippen molar-refractivity contribution in [2.24, 2.45) is 136 Å². The van der Waals surface area contributed by atoms with Gasteiger partial charge in [0.1, 0.15) is 0 Å². The van der Waals surface area contributed by atoms with Gasteiger partial charge in [-0.05, 0) is 326 Å². The molecule has 3 aromatic rings. The lowest BCUT2D eigenvalue weighted by atomic mass is 9.70. The van der Waals surface area contributed by atoms with Crippen molar-refractivity contribution in [3.05, 3.63) is 180 Å². The van der Waals surface area contributed by atoms with Crippen molar-refractivity contribution in [2.45, 2.75) is 224 Å². The summed E-state index contributed by atoms with van der Waals surface area (Å²) in [5.41, 5.74) is 6.16. The number of carbonyl (C=O) groups is 1. The fourth-order valence-corrected chi connectivity index (χ4v) is 24.2. The molecule has 0 radical (unpaired) electrons. The van der Waals surface area contributed by atoms with Crippen molar-refractivity contribution < 1.29 is 14.3 Å². The number of hydrogen-bond acceptors (Lipinski definition) is 3. The summed E-state index contributed by atoms with van der Waals surface area (Å²) in [6.45, 7) is 3.40. The van der Waals surface area contributed by atoms with Crippen molar-refractivity contribution in [1.29, 1.82) is 0 Å². The van der Waals surface area contributed by atoms with Crippen LogP contribution in [0.25, 0.3) is 0 Å². The number of unbranched alkanes of at least 4 members (excludes halogenated alkanes) is 4. The lowest BCUT2D eigenvalue weighted by Crippen LogP contribution is -2.26. The van der Waals surface area contributed by atoms with E-state index in [1.807, 2.05) is 6.92 Å². The predicted octanol–water partition coefficient (Wildman–Crippen LogP) is 23.0. The van der Waals surface area contributed by atoms with E-state index >= 15 is 0 Å². The summed E-state index contributed by atoms with van der Waals surface area (Å²) in [5, 5.41) is 0. The molecule has 20 rings (SSSR count). The Kier molecular flexibility index (Phi) is 21.7. The summed E-state index contributed by atoms with van der Waals surface area (Å²) < 4.78 is 10.1. The number of ether oxygens (including phenoxy) is 2.